The number of rotatable bonds is 6. The quantitative estimate of drug-likeness (QED) is 0.519. The van der Waals surface area contributed by atoms with Gasteiger partial charge in [0.05, 0.1) is 30.6 Å². The maximum absolute atomic E-state index is 14.6. The molecule has 1 aliphatic rings. The zero-order valence-electron chi connectivity index (χ0n) is 16.5. The lowest BCUT2D eigenvalue weighted by molar-refractivity contribution is 0.145. The Hall–Kier alpha value is -2.61. The number of aryl methyl sites for hydroxylation is 1. The Morgan fingerprint density at radius 3 is 2.71 bits per heavy atom. The van der Waals surface area contributed by atoms with Crippen LogP contribution in [0.2, 0.25) is 0 Å². The average Bonchev–Trinajstić information content (AvgIpc) is 3.10. The molecule has 1 aromatic carbocycles. The number of benzene rings is 1. The van der Waals surface area contributed by atoms with Crippen molar-refractivity contribution in [2.45, 2.75) is 39.0 Å². The highest BCUT2D eigenvalue weighted by atomic mass is 19.1. The Kier molecular flexibility index (Phi) is 6.86. The van der Waals surface area contributed by atoms with E-state index in [1.807, 2.05) is 41.8 Å². The van der Waals surface area contributed by atoms with E-state index in [0.717, 1.165) is 17.8 Å². The first kappa shape index (κ1) is 20.1. The van der Waals surface area contributed by atoms with Crippen LogP contribution in [0.25, 0.3) is 0 Å². The first-order chi connectivity index (χ1) is 13.6. The maximum Gasteiger partial charge on any atom is 0.191 e. The molecule has 0 amide bonds. The van der Waals surface area contributed by atoms with Gasteiger partial charge in [0.25, 0.3) is 0 Å². The van der Waals surface area contributed by atoms with E-state index < -0.39 is 0 Å². The number of halogens is 1. The van der Waals surface area contributed by atoms with Gasteiger partial charge in [0.1, 0.15) is 5.82 Å². The number of aliphatic hydroxyl groups excluding tert-OH is 1. The van der Waals surface area contributed by atoms with Crippen molar-refractivity contribution < 1.29 is 9.50 Å². The lowest BCUT2D eigenvalue weighted by Gasteiger charge is -2.31. The van der Waals surface area contributed by atoms with E-state index in [1.165, 1.54) is 0 Å². The fraction of sp³-hybridized carbons (Fsp3) is 0.500. The third kappa shape index (κ3) is 5.22. The topological polar surface area (TPSA) is 77.7 Å². The normalized spacial score (nSPS) is 15.7. The number of hydrogen-bond donors (Lipinski definition) is 3. The molecule has 8 heteroatoms. The van der Waals surface area contributed by atoms with Crippen LogP contribution in [0.1, 0.15) is 31.0 Å². The van der Waals surface area contributed by atoms with Crippen molar-refractivity contribution in [3.8, 4) is 0 Å². The first-order valence-corrected chi connectivity index (χ1v) is 9.77. The van der Waals surface area contributed by atoms with Gasteiger partial charge in [-0.25, -0.2) is 9.38 Å². The maximum atomic E-state index is 14.6. The summed E-state index contributed by atoms with van der Waals surface area (Å²) in [5.74, 6) is 0.440. The molecule has 1 saturated heterocycles. The lowest BCUT2D eigenvalue weighted by Crippen LogP contribution is -2.37. The highest BCUT2D eigenvalue weighted by molar-refractivity contribution is 5.79. The molecule has 1 aromatic heterocycles. The van der Waals surface area contributed by atoms with Crippen molar-refractivity contribution in [1.82, 2.24) is 20.4 Å². The second-order valence-corrected chi connectivity index (χ2v) is 7.00. The van der Waals surface area contributed by atoms with Crippen molar-refractivity contribution in [3.63, 3.8) is 0 Å². The third-order valence-corrected chi connectivity index (χ3v) is 4.94. The summed E-state index contributed by atoms with van der Waals surface area (Å²) in [4.78, 5) is 6.55. The van der Waals surface area contributed by atoms with Gasteiger partial charge in [-0.15, -0.1) is 0 Å². The van der Waals surface area contributed by atoms with E-state index >= 15 is 0 Å². The van der Waals surface area contributed by atoms with Gasteiger partial charge in [-0.1, -0.05) is 6.07 Å². The van der Waals surface area contributed by atoms with Gasteiger partial charge in [0.2, 0.25) is 0 Å². The van der Waals surface area contributed by atoms with Crippen molar-refractivity contribution in [1.29, 1.82) is 0 Å². The monoisotopic (exact) mass is 388 g/mol. The van der Waals surface area contributed by atoms with Gasteiger partial charge in [-0.2, -0.15) is 5.10 Å². The molecule has 0 radical (unpaired) electrons. The van der Waals surface area contributed by atoms with Crippen LogP contribution in [0, 0.1) is 5.82 Å². The number of nitrogens with one attached hydrogen (secondary N) is 2. The molecule has 2 aromatic rings. The summed E-state index contributed by atoms with van der Waals surface area (Å²) in [5.41, 5.74) is 2.46. The number of anilines is 1. The summed E-state index contributed by atoms with van der Waals surface area (Å²) in [6.07, 6.45) is 2.85. The minimum atomic E-state index is -0.267. The Labute approximate surface area is 165 Å². The van der Waals surface area contributed by atoms with Crippen molar-refractivity contribution in [2.75, 3.05) is 24.5 Å². The lowest BCUT2D eigenvalue weighted by atomic mass is 10.1. The van der Waals surface area contributed by atoms with Gasteiger partial charge >= 0.3 is 0 Å². The molecule has 0 aliphatic carbocycles. The van der Waals surface area contributed by atoms with Crippen molar-refractivity contribution >= 4 is 11.6 Å². The molecular formula is C20H29FN6O. The summed E-state index contributed by atoms with van der Waals surface area (Å²) in [7, 11) is 1.90. The van der Waals surface area contributed by atoms with E-state index in [4.69, 9.17) is 0 Å². The molecule has 0 unspecified atom stereocenters. The Balaban J connectivity index is 1.62. The van der Waals surface area contributed by atoms with E-state index in [9.17, 15) is 9.50 Å². The van der Waals surface area contributed by atoms with Gasteiger partial charge in [0.15, 0.2) is 5.96 Å². The highest BCUT2D eigenvalue weighted by Gasteiger charge is 2.19. The van der Waals surface area contributed by atoms with Gasteiger partial charge in [0, 0.05) is 32.9 Å². The van der Waals surface area contributed by atoms with Crippen LogP contribution in [0.3, 0.4) is 0 Å². The van der Waals surface area contributed by atoms with Crippen LogP contribution in [0.4, 0.5) is 10.1 Å². The van der Waals surface area contributed by atoms with Crippen LogP contribution in [-0.2, 0) is 20.1 Å². The summed E-state index contributed by atoms with van der Waals surface area (Å²) >= 11 is 0. The smallest absolute Gasteiger partial charge is 0.191 e. The summed E-state index contributed by atoms with van der Waals surface area (Å²) < 4.78 is 16.4. The van der Waals surface area contributed by atoms with Gasteiger partial charge < -0.3 is 20.6 Å². The number of aliphatic hydroxyl groups is 1. The summed E-state index contributed by atoms with van der Waals surface area (Å²) in [6.45, 7) is 5.10. The van der Waals surface area contributed by atoms with Crippen LogP contribution in [0.5, 0.6) is 0 Å². The van der Waals surface area contributed by atoms with Crippen LogP contribution >= 0.6 is 0 Å². The fourth-order valence-electron chi connectivity index (χ4n) is 3.27. The van der Waals surface area contributed by atoms with Crippen molar-refractivity contribution in [3.05, 3.63) is 47.5 Å². The van der Waals surface area contributed by atoms with Crippen LogP contribution < -0.4 is 15.5 Å². The Morgan fingerprint density at radius 2 is 2.07 bits per heavy atom. The third-order valence-electron chi connectivity index (χ3n) is 4.94. The number of hydrogen-bond acceptors (Lipinski definition) is 4. The predicted octanol–water partition coefficient (Wildman–Crippen LogP) is 1.78. The molecule has 0 saturated carbocycles. The second-order valence-electron chi connectivity index (χ2n) is 7.00. The first-order valence-electron chi connectivity index (χ1n) is 9.77. The molecule has 1 fully saturated rings. The van der Waals surface area contributed by atoms with Gasteiger partial charge in [-0.3, -0.25) is 4.68 Å². The molecule has 152 valence electrons. The highest BCUT2D eigenvalue weighted by Crippen LogP contribution is 2.24. The van der Waals surface area contributed by atoms with E-state index in [-0.39, 0.29) is 11.9 Å². The van der Waals surface area contributed by atoms with E-state index in [0.29, 0.717) is 50.7 Å². The number of aliphatic imine (C=N–C) groups is 1. The zero-order chi connectivity index (χ0) is 19.9. The summed E-state index contributed by atoms with van der Waals surface area (Å²) in [6, 6.07) is 7.23. The van der Waals surface area contributed by atoms with Crippen molar-refractivity contribution in [2.24, 2.45) is 12.0 Å². The second kappa shape index (κ2) is 9.54. The van der Waals surface area contributed by atoms with E-state index in [2.05, 4.69) is 20.7 Å². The largest absolute Gasteiger partial charge is 0.393 e. The number of piperidine rings is 1. The molecule has 28 heavy (non-hydrogen) atoms. The fourth-order valence-corrected chi connectivity index (χ4v) is 3.27. The summed E-state index contributed by atoms with van der Waals surface area (Å²) in [5, 5.41) is 20.2. The minimum Gasteiger partial charge on any atom is -0.393 e. The molecule has 0 bridgehead atoms. The zero-order valence-corrected chi connectivity index (χ0v) is 16.5. The standard InChI is InChI=1S/C20H29FN6O/c1-3-22-20(24-14-16-6-9-25-26(16)2)23-13-15-4-5-19(18(21)12-15)27-10-7-17(28)8-11-27/h4-6,9,12,17,28H,3,7-8,10-11,13-14H2,1-2H3,(H2,22,23,24). The number of aromatic nitrogens is 2. The molecule has 0 spiro atoms. The van der Waals surface area contributed by atoms with Crippen LogP contribution in [-0.4, -0.2) is 46.6 Å². The molecule has 3 rings (SSSR count). The minimum absolute atomic E-state index is 0.239. The molecule has 7 nitrogen and oxygen atoms in total. The van der Waals surface area contributed by atoms with Gasteiger partial charge in [-0.05, 0) is 43.5 Å². The van der Waals surface area contributed by atoms with E-state index in [1.54, 1.807) is 12.3 Å². The molecule has 1 aliphatic heterocycles. The average molecular weight is 388 g/mol. The molecular weight excluding hydrogens is 359 g/mol. The Bertz CT molecular complexity index is 798. The molecule has 2 heterocycles. The van der Waals surface area contributed by atoms with Crippen LogP contribution in [0.15, 0.2) is 35.5 Å². The molecule has 0 atom stereocenters. The molecule has 3 N–H and O–H groups in total. The number of nitrogens with zero attached hydrogens (tertiary/aromatic N) is 4. The SMILES string of the molecule is CCNC(=NCc1ccc(N2CCC(O)CC2)c(F)c1)NCc1ccnn1C. The predicted molar refractivity (Wildman–Crippen MR) is 109 cm³/mol. The number of guanidine groups is 1. The Morgan fingerprint density at radius 1 is 1.29 bits per heavy atom.